The van der Waals surface area contributed by atoms with E-state index >= 15 is 0 Å². The van der Waals surface area contributed by atoms with Gasteiger partial charge in [-0.1, -0.05) is 0 Å². The molecule has 1 atom stereocenters. The van der Waals surface area contributed by atoms with E-state index < -0.39 is 0 Å². The number of hydrogen-bond donors (Lipinski definition) is 1. The van der Waals surface area contributed by atoms with E-state index in [1.807, 2.05) is 20.8 Å². The highest BCUT2D eigenvalue weighted by Crippen LogP contribution is 2.04. The summed E-state index contributed by atoms with van der Waals surface area (Å²) in [5.41, 5.74) is 0. The minimum absolute atomic E-state index is 0.0867. The van der Waals surface area contributed by atoms with Crippen LogP contribution in [0.25, 0.3) is 0 Å². The van der Waals surface area contributed by atoms with Gasteiger partial charge in [-0.15, -0.1) is 0 Å². The highest BCUT2D eigenvalue weighted by atomic mass is 16.2. The van der Waals surface area contributed by atoms with Crippen LogP contribution in [0.15, 0.2) is 18.6 Å². The van der Waals surface area contributed by atoms with Crippen molar-refractivity contribution < 1.29 is 4.79 Å². The molecule has 0 spiro atoms. The number of likely N-dealkylation sites (N-methyl/N-ethyl adjacent to an activating group) is 1. The molecule has 1 aromatic heterocycles. The van der Waals surface area contributed by atoms with Crippen molar-refractivity contribution in [2.45, 2.75) is 26.8 Å². The topological polar surface area (TPSA) is 58.1 Å². The smallest absolute Gasteiger partial charge is 0.244 e. The molecule has 0 aliphatic carbocycles. The molecule has 0 saturated heterocycles. The maximum absolute atomic E-state index is 11.9. The minimum Gasteiger partial charge on any atom is -0.359 e. The van der Waals surface area contributed by atoms with Crippen LogP contribution in [-0.4, -0.2) is 39.9 Å². The van der Waals surface area contributed by atoms with Crippen LogP contribution in [0, 0.1) is 0 Å². The summed E-state index contributed by atoms with van der Waals surface area (Å²) >= 11 is 0. The Kier molecular flexibility index (Phi) is 4.69. The largest absolute Gasteiger partial charge is 0.359 e. The van der Waals surface area contributed by atoms with Crippen LogP contribution in [0.1, 0.15) is 20.8 Å². The number of rotatable bonds is 5. The third-order valence-electron chi connectivity index (χ3n) is 2.39. The zero-order valence-electron chi connectivity index (χ0n) is 9.97. The standard InChI is InChI=1S/C11H18N4O/c1-4-15(5-2)11(16)9(3)14-10-6-7-12-8-13-10/h6-9H,4-5H2,1-3H3,(H,12,13,14). The lowest BCUT2D eigenvalue weighted by Crippen LogP contribution is -2.41. The third kappa shape index (κ3) is 3.18. The summed E-state index contributed by atoms with van der Waals surface area (Å²) in [6.45, 7) is 7.23. The molecule has 0 saturated carbocycles. The van der Waals surface area contributed by atoms with Crippen LogP contribution in [0.2, 0.25) is 0 Å². The summed E-state index contributed by atoms with van der Waals surface area (Å²) in [5.74, 6) is 0.756. The SMILES string of the molecule is CCN(CC)C(=O)C(C)Nc1ccncn1. The molecule has 1 amide bonds. The average molecular weight is 222 g/mol. The van der Waals surface area contributed by atoms with E-state index in [2.05, 4.69) is 15.3 Å². The van der Waals surface area contributed by atoms with Crippen LogP contribution in [0.4, 0.5) is 5.82 Å². The van der Waals surface area contributed by atoms with Gasteiger partial charge in [0.15, 0.2) is 0 Å². The van der Waals surface area contributed by atoms with Crippen molar-refractivity contribution in [3.8, 4) is 0 Å². The van der Waals surface area contributed by atoms with Gasteiger partial charge in [0.25, 0.3) is 0 Å². The van der Waals surface area contributed by atoms with Crippen molar-refractivity contribution in [1.82, 2.24) is 14.9 Å². The molecule has 5 nitrogen and oxygen atoms in total. The summed E-state index contributed by atoms with van der Waals surface area (Å²) in [5, 5.41) is 3.05. The lowest BCUT2D eigenvalue weighted by Gasteiger charge is -2.23. The fourth-order valence-electron chi connectivity index (χ4n) is 1.47. The molecule has 0 aliphatic rings. The van der Waals surface area contributed by atoms with Crippen LogP contribution in [0.5, 0.6) is 0 Å². The Bertz CT molecular complexity index is 324. The van der Waals surface area contributed by atoms with Crippen LogP contribution < -0.4 is 5.32 Å². The van der Waals surface area contributed by atoms with Gasteiger partial charge in [0.1, 0.15) is 18.2 Å². The maximum atomic E-state index is 11.9. The van der Waals surface area contributed by atoms with Gasteiger partial charge in [-0.2, -0.15) is 0 Å². The Balaban J connectivity index is 2.58. The molecule has 0 aliphatic heterocycles. The molecular weight excluding hydrogens is 204 g/mol. The Morgan fingerprint density at radius 3 is 2.69 bits per heavy atom. The molecule has 88 valence electrons. The van der Waals surface area contributed by atoms with Gasteiger partial charge < -0.3 is 10.2 Å². The van der Waals surface area contributed by atoms with E-state index in [0.29, 0.717) is 5.82 Å². The summed E-state index contributed by atoms with van der Waals surface area (Å²) < 4.78 is 0. The second-order valence-corrected chi connectivity index (χ2v) is 3.47. The summed E-state index contributed by atoms with van der Waals surface area (Å²) in [4.78, 5) is 21.6. The number of hydrogen-bond acceptors (Lipinski definition) is 4. The molecule has 1 rings (SSSR count). The van der Waals surface area contributed by atoms with Gasteiger partial charge in [-0.25, -0.2) is 9.97 Å². The average Bonchev–Trinajstić information content (AvgIpc) is 2.31. The summed E-state index contributed by atoms with van der Waals surface area (Å²) in [6.07, 6.45) is 3.10. The molecular formula is C11H18N4O. The van der Waals surface area contributed by atoms with Gasteiger partial charge in [-0.05, 0) is 26.8 Å². The zero-order chi connectivity index (χ0) is 12.0. The zero-order valence-corrected chi connectivity index (χ0v) is 9.97. The quantitative estimate of drug-likeness (QED) is 0.811. The van der Waals surface area contributed by atoms with Crippen molar-refractivity contribution in [3.05, 3.63) is 18.6 Å². The van der Waals surface area contributed by atoms with E-state index in [1.54, 1.807) is 17.2 Å². The first-order valence-corrected chi connectivity index (χ1v) is 5.50. The Hall–Kier alpha value is -1.65. The molecule has 1 heterocycles. The fraction of sp³-hybridized carbons (Fsp3) is 0.545. The Labute approximate surface area is 95.9 Å². The van der Waals surface area contributed by atoms with Gasteiger partial charge in [0.05, 0.1) is 0 Å². The Morgan fingerprint density at radius 1 is 1.50 bits per heavy atom. The number of amides is 1. The molecule has 1 unspecified atom stereocenters. The van der Waals surface area contributed by atoms with Crippen LogP contribution in [0.3, 0.4) is 0 Å². The number of nitrogens with zero attached hydrogens (tertiary/aromatic N) is 3. The number of anilines is 1. The monoisotopic (exact) mass is 222 g/mol. The van der Waals surface area contributed by atoms with Crippen molar-refractivity contribution in [2.24, 2.45) is 0 Å². The van der Waals surface area contributed by atoms with Gasteiger partial charge in [0, 0.05) is 19.3 Å². The number of carbonyl (C=O) groups is 1. The fourth-order valence-corrected chi connectivity index (χ4v) is 1.47. The predicted molar refractivity (Wildman–Crippen MR) is 63.0 cm³/mol. The first-order valence-electron chi connectivity index (χ1n) is 5.50. The molecule has 0 bridgehead atoms. The number of carbonyl (C=O) groups excluding carboxylic acids is 1. The van der Waals surface area contributed by atoms with Crippen LogP contribution in [-0.2, 0) is 4.79 Å². The highest BCUT2D eigenvalue weighted by Gasteiger charge is 2.17. The van der Waals surface area contributed by atoms with Gasteiger partial charge in [0.2, 0.25) is 5.91 Å². The third-order valence-corrected chi connectivity index (χ3v) is 2.39. The predicted octanol–water partition coefficient (Wildman–Crippen LogP) is 1.15. The molecule has 1 aromatic rings. The van der Waals surface area contributed by atoms with Crippen molar-refractivity contribution >= 4 is 11.7 Å². The van der Waals surface area contributed by atoms with Crippen molar-refractivity contribution in [2.75, 3.05) is 18.4 Å². The molecule has 1 N–H and O–H groups in total. The van der Waals surface area contributed by atoms with Crippen molar-refractivity contribution in [1.29, 1.82) is 0 Å². The van der Waals surface area contributed by atoms with E-state index in [1.165, 1.54) is 6.33 Å². The van der Waals surface area contributed by atoms with E-state index in [-0.39, 0.29) is 11.9 Å². The lowest BCUT2D eigenvalue weighted by molar-refractivity contribution is -0.131. The van der Waals surface area contributed by atoms with E-state index in [4.69, 9.17) is 0 Å². The lowest BCUT2D eigenvalue weighted by atomic mass is 10.3. The van der Waals surface area contributed by atoms with Gasteiger partial charge in [-0.3, -0.25) is 4.79 Å². The summed E-state index contributed by atoms with van der Waals surface area (Å²) in [6, 6.07) is 1.47. The van der Waals surface area contributed by atoms with Crippen molar-refractivity contribution in [3.63, 3.8) is 0 Å². The minimum atomic E-state index is -0.269. The summed E-state index contributed by atoms with van der Waals surface area (Å²) in [7, 11) is 0. The first-order chi connectivity index (χ1) is 7.69. The normalized spacial score (nSPS) is 11.9. The van der Waals surface area contributed by atoms with E-state index in [9.17, 15) is 4.79 Å². The molecule has 0 fully saturated rings. The number of aromatic nitrogens is 2. The molecule has 0 aromatic carbocycles. The molecule has 16 heavy (non-hydrogen) atoms. The van der Waals surface area contributed by atoms with Gasteiger partial charge >= 0.3 is 0 Å². The second kappa shape index (κ2) is 6.05. The van der Waals surface area contributed by atoms with E-state index in [0.717, 1.165) is 13.1 Å². The first kappa shape index (κ1) is 12.4. The number of nitrogens with one attached hydrogen (secondary N) is 1. The molecule has 5 heteroatoms. The van der Waals surface area contributed by atoms with Crippen LogP contribution >= 0.6 is 0 Å². The molecule has 0 radical (unpaired) electrons. The highest BCUT2D eigenvalue weighted by molar-refractivity contribution is 5.83. The maximum Gasteiger partial charge on any atom is 0.244 e. The second-order valence-electron chi connectivity index (χ2n) is 3.47. The Morgan fingerprint density at radius 2 is 2.19 bits per heavy atom.